The third-order valence-corrected chi connectivity index (χ3v) is 11.1. The Hall–Kier alpha value is -3.62. The summed E-state index contributed by atoms with van der Waals surface area (Å²) < 4.78 is 5.54. The van der Waals surface area contributed by atoms with E-state index in [1.165, 1.54) is 0 Å². The smallest absolute Gasteiger partial charge is 0.408 e. The van der Waals surface area contributed by atoms with Crippen molar-refractivity contribution in [2.24, 2.45) is 29.1 Å². The van der Waals surface area contributed by atoms with Gasteiger partial charge in [-0.1, -0.05) is 69.5 Å². The number of nitrogens with zero attached hydrogens (tertiary/aromatic N) is 1. The first kappa shape index (κ1) is 39.2. The van der Waals surface area contributed by atoms with E-state index < -0.39 is 41.3 Å². The van der Waals surface area contributed by atoms with Crippen LogP contribution in [-0.4, -0.2) is 64.3 Å². The molecule has 1 aliphatic heterocycles. The molecule has 0 bridgehead atoms. The molecular formula is C41H58N2O7. The molecule has 5 atom stereocenters. The summed E-state index contributed by atoms with van der Waals surface area (Å²) in [5.41, 5.74) is 0.207. The summed E-state index contributed by atoms with van der Waals surface area (Å²) in [4.78, 5) is 82.3. The van der Waals surface area contributed by atoms with Crippen molar-refractivity contribution in [1.82, 2.24) is 10.2 Å². The molecule has 0 aromatic heterocycles. The van der Waals surface area contributed by atoms with Gasteiger partial charge in [0.1, 0.15) is 17.4 Å². The number of nitrogens with one attached hydrogen (secondary N) is 1. The van der Waals surface area contributed by atoms with E-state index in [1.807, 2.05) is 30.3 Å². The van der Waals surface area contributed by atoms with Crippen molar-refractivity contribution in [3.05, 3.63) is 48.6 Å². The zero-order valence-electron chi connectivity index (χ0n) is 30.8. The molecule has 9 heteroatoms. The normalized spacial score (nSPS) is 22.5. The number of ether oxygens (including phenoxy) is 1. The lowest BCUT2D eigenvalue weighted by Crippen LogP contribution is -2.57. The SMILES string of the molecule is C=CCCC(CC(=O)[C@@H]1[C@@H]2[C@H](CN1C(=O)[C@@H](NC(=O)OC(C)(C)C)C1CCCCC1)C2(C)C)C(=O)C(=O)CCCC(=O)CCc1ccccc1. The molecule has 2 aliphatic carbocycles. The molecule has 0 spiro atoms. The highest BCUT2D eigenvalue weighted by Gasteiger charge is 2.69. The standard InChI is InChI=1S/C41H58N2O7/c1-7-8-18-29(37(47)32(45)22-15-21-30(44)24-23-27-16-11-9-12-17-27)25-33(46)36-34-31(41(34,5)6)26-43(36)38(48)35(28-19-13-10-14-20-28)42-39(49)50-40(2,3)4/h7,9,11-12,16-17,28-29,31,34-36H,1,8,10,13-15,18-26H2,2-6H3,(H,42,49)/t29?,31-,34-,35-,36+/m0/s1. The summed E-state index contributed by atoms with van der Waals surface area (Å²) in [5.74, 6) is -2.40. The molecule has 274 valence electrons. The average Bonchev–Trinajstić information content (AvgIpc) is 3.38. The number of hydrogen-bond donors (Lipinski definition) is 1. The quantitative estimate of drug-likeness (QED) is 0.130. The van der Waals surface area contributed by atoms with Crippen molar-refractivity contribution < 1.29 is 33.5 Å². The molecule has 4 rings (SSSR count). The number of rotatable bonds is 18. The lowest BCUT2D eigenvalue weighted by molar-refractivity contribution is -0.144. The molecule has 2 amide bonds. The van der Waals surface area contributed by atoms with Gasteiger partial charge in [-0.2, -0.15) is 0 Å². The van der Waals surface area contributed by atoms with Crippen molar-refractivity contribution >= 4 is 35.1 Å². The summed E-state index contributed by atoms with van der Waals surface area (Å²) in [5, 5.41) is 2.88. The number of amides is 2. The fraction of sp³-hybridized carbons (Fsp3) is 0.659. The molecular weight excluding hydrogens is 632 g/mol. The first-order valence-electron chi connectivity index (χ1n) is 18.7. The van der Waals surface area contributed by atoms with Crippen molar-refractivity contribution in [2.75, 3.05) is 6.54 Å². The van der Waals surface area contributed by atoms with Crippen LogP contribution in [0, 0.1) is 29.1 Å². The van der Waals surface area contributed by atoms with Gasteiger partial charge in [0.2, 0.25) is 11.7 Å². The van der Waals surface area contributed by atoms with Gasteiger partial charge in [0.25, 0.3) is 0 Å². The van der Waals surface area contributed by atoms with Crippen LogP contribution in [0.5, 0.6) is 0 Å². The van der Waals surface area contributed by atoms with Crippen LogP contribution in [0.4, 0.5) is 4.79 Å². The maximum Gasteiger partial charge on any atom is 0.408 e. The van der Waals surface area contributed by atoms with Crippen molar-refractivity contribution in [3.8, 4) is 0 Å². The minimum Gasteiger partial charge on any atom is -0.444 e. The van der Waals surface area contributed by atoms with Gasteiger partial charge in [0, 0.05) is 38.1 Å². The number of ketones is 4. The van der Waals surface area contributed by atoms with Crippen LogP contribution in [0.15, 0.2) is 43.0 Å². The molecule has 2 saturated carbocycles. The van der Waals surface area contributed by atoms with Crippen LogP contribution in [0.25, 0.3) is 0 Å². The number of alkyl carbamates (subject to hydrolysis) is 1. The number of carbonyl (C=O) groups excluding carboxylic acids is 6. The number of Topliss-reactive ketones (excluding diaryl/α,β-unsaturated/α-hetero) is 4. The number of fused-ring (bicyclic) bond motifs is 1. The van der Waals surface area contributed by atoms with Gasteiger partial charge in [0.05, 0.1) is 6.04 Å². The van der Waals surface area contributed by atoms with Gasteiger partial charge in [-0.3, -0.25) is 24.0 Å². The first-order chi connectivity index (χ1) is 23.6. The van der Waals surface area contributed by atoms with E-state index in [2.05, 4.69) is 25.7 Å². The van der Waals surface area contributed by atoms with Gasteiger partial charge in [-0.05, 0) is 88.0 Å². The zero-order valence-corrected chi connectivity index (χ0v) is 30.8. The monoisotopic (exact) mass is 690 g/mol. The van der Waals surface area contributed by atoms with E-state index in [9.17, 15) is 28.8 Å². The van der Waals surface area contributed by atoms with Crippen LogP contribution in [0.2, 0.25) is 0 Å². The van der Waals surface area contributed by atoms with Gasteiger partial charge >= 0.3 is 6.09 Å². The Morgan fingerprint density at radius 2 is 1.68 bits per heavy atom. The second-order valence-electron chi connectivity index (χ2n) is 16.3. The number of likely N-dealkylation sites (tertiary alicyclic amines) is 1. The highest BCUT2D eigenvalue weighted by Crippen LogP contribution is 2.65. The molecule has 1 saturated heterocycles. The maximum absolute atomic E-state index is 14.4. The van der Waals surface area contributed by atoms with Crippen LogP contribution in [0.3, 0.4) is 0 Å². The zero-order chi connectivity index (χ0) is 36.6. The molecule has 3 aliphatic rings. The Balaban J connectivity index is 1.43. The van der Waals surface area contributed by atoms with Crippen LogP contribution in [0.1, 0.15) is 117 Å². The lowest BCUT2D eigenvalue weighted by Gasteiger charge is -2.37. The molecule has 9 nitrogen and oxygen atoms in total. The van der Waals surface area contributed by atoms with Gasteiger partial charge in [-0.15, -0.1) is 6.58 Å². The highest BCUT2D eigenvalue weighted by atomic mass is 16.6. The molecule has 1 aromatic carbocycles. The minimum absolute atomic E-state index is 0.0418. The fourth-order valence-electron chi connectivity index (χ4n) is 8.20. The van der Waals surface area contributed by atoms with Crippen LogP contribution >= 0.6 is 0 Å². The molecule has 0 radical (unpaired) electrons. The fourth-order valence-corrected chi connectivity index (χ4v) is 8.20. The van der Waals surface area contributed by atoms with E-state index in [0.29, 0.717) is 32.2 Å². The Morgan fingerprint density at radius 3 is 2.32 bits per heavy atom. The second-order valence-corrected chi connectivity index (χ2v) is 16.3. The van der Waals surface area contributed by atoms with E-state index in [4.69, 9.17) is 4.74 Å². The summed E-state index contributed by atoms with van der Waals surface area (Å²) in [7, 11) is 0. The van der Waals surface area contributed by atoms with Crippen LogP contribution in [-0.2, 0) is 35.1 Å². The number of piperidine rings is 1. The second kappa shape index (κ2) is 17.1. The predicted octanol–water partition coefficient (Wildman–Crippen LogP) is 7.00. The summed E-state index contributed by atoms with van der Waals surface area (Å²) >= 11 is 0. The molecule has 1 unspecified atom stereocenters. The van der Waals surface area contributed by atoms with E-state index in [0.717, 1.165) is 37.7 Å². The van der Waals surface area contributed by atoms with Crippen molar-refractivity contribution in [3.63, 3.8) is 0 Å². The number of carbonyl (C=O) groups is 6. The Kier molecular flexibility index (Phi) is 13.4. The number of benzene rings is 1. The molecule has 50 heavy (non-hydrogen) atoms. The van der Waals surface area contributed by atoms with Gasteiger partial charge in [-0.25, -0.2) is 4.79 Å². The number of aryl methyl sites for hydroxylation is 1. The number of hydrogen-bond acceptors (Lipinski definition) is 7. The Labute approximate surface area is 298 Å². The molecule has 1 heterocycles. The van der Waals surface area contributed by atoms with Gasteiger partial charge < -0.3 is 15.0 Å². The molecule has 3 fully saturated rings. The Bertz CT molecular complexity index is 1410. The largest absolute Gasteiger partial charge is 0.444 e. The first-order valence-corrected chi connectivity index (χ1v) is 18.7. The molecule has 1 N–H and O–H groups in total. The third-order valence-electron chi connectivity index (χ3n) is 11.1. The van der Waals surface area contributed by atoms with Crippen LogP contribution < -0.4 is 5.32 Å². The number of allylic oxidation sites excluding steroid dienone is 1. The van der Waals surface area contributed by atoms with E-state index in [-0.39, 0.29) is 66.3 Å². The third kappa shape index (κ3) is 10.2. The summed E-state index contributed by atoms with van der Waals surface area (Å²) in [6.07, 6.45) is 7.74. The lowest BCUT2D eigenvalue weighted by atomic mass is 9.82. The minimum atomic E-state index is -0.825. The van der Waals surface area contributed by atoms with Crippen molar-refractivity contribution in [2.45, 2.75) is 136 Å². The van der Waals surface area contributed by atoms with E-state index in [1.54, 1.807) is 31.7 Å². The van der Waals surface area contributed by atoms with Gasteiger partial charge in [0.15, 0.2) is 11.6 Å². The van der Waals surface area contributed by atoms with E-state index >= 15 is 0 Å². The topological polar surface area (TPSA) is 127 Å². The summed E-state index contributed by atoms with van der Waals surface area (Å²) in [6, 6.07) is 8.20. The van der Waals surface area contributed by atoms with Crippen molar-refractivity contribution in [1.29, 1.82) is 0 Å². The predicted molar refractivity (Wildman–Crippen MR) is 192 cm³/mol. The highest BCUT2D eigenvalue weighted by molar-refractivity contribution is 6.38. The maximum atomic E-state index is 14.4. The molecule has 1 aromatic rings. The Morgan fingerprint density at radius 1 is 1.00 bits per heavy atom. The average molecular weight is 691 g/mol. The summed E-state index contributed by atoms with van der Waals surface area (Å²) in [6.45, 7) is 13.7.